The SMILES string of the molecule is Br.Oc1ccc(S)cc1. The van der Waals surface area contributed by atoms with Crippen molar-refractivity contribution in [3.05, 3.63) is 24.3 Å². The van der Waals surface area contributed by atoms with Crippen LogP contribution >= 0.6 is 29.6 Å². The number of phenols is 1. The molecule has 0 bridgehead atoms. The summed E-state index contributed by atoms with van der Waals surface area (Å²) in [5.74, 6) is 0.280. The first-order valence-corrected chi connectivity index (χ1v) is 2.72. The summed E-state index contributed by atoms with van der Waals surface area (Å²) < 4.78 is 0. The Bertz CT molecular complexity index is 152. The van der Waals surface area contributed by atoms with Gasteiger partial charge in [0.15, 0.2) is 0 Å². The van der Waals surface area contributed by atoms with Crippen LogP contribution in [0.2, 0.25) is 0 Å². The first-order chi connectivity index (χ1) is 3.79. The normalized spacial score (nSPS) is 8.11. The molecule has 0 radical (unpaired) electrons. The Kier molecular flexibility index (Phi) is 3.73. The second-order valence-corrected chi connectivity index (χ2v) is 2.03. The van der Waals surface area contributed by atoms with E-state index in [-0.39, 0.29) is 22.7 Å². The Morgan fingerprint density at radius 3 is 1.89 bits per heavy atom. The van der Waals surface area contributed by atoms with Crippen molar-refractivity contribution in [3.8, 4) is 5.75 Å². The van der Waals surface area contributed by atoms with Gasteiger partial charge >= 0.3 is 0 Å². The molecule has 0 heterocycles. The topological polar surface area (TPSA) is 20.2 Å². The molecule has 1 N–H and O–H groups in total. The van der Waals surface area contributed by atoms with Crippen LogP contribution in [0.1, 0.15) is 0 Å². The van der Waals surface area contributed by atoms with Gasteiger partial charge in [-0.05, 0) is 24.3 Å². The highest BCUT2D eigenvalue weighted by atomic mass is 79.9. The predicted octanol–water partition coefficient (Wildman–Crippen LogP) is 2.26. The van der Waals surface area contributed by atoms with Gasteiger partial charge in [0.1, 0.15) is 5.75 Å². The maximum absolute atomic E-state index is 8.72. The molecule has 0 atom stereocenters. The van der Waals surface area contributed by atoms with Crippen molar-refractivity contribution < 1.29 is 5.11 Å². The van der Waals surface area contributed by atoms with Crippen LogP contribution in [0.5, 0.6) is 5.75 Å². The number of aromatic hydroxyl groups is 1. The van der Waals surface area contributed by atoms with E-state index in [1.54, 1.807) is 24.3 Å². The van der Waals surface area contributed by atoms with Crippen LogP contribution in [-0.2, 0) is 0 Å². The van der Waals surface area contributed by atoms with Gasteiger partial charge in [0, 0.05) is 4.90 Å². The molecule has 0 unspecified atom stereocenters. The van der Waals surface area contributed by atoms with Gasteiger partial charge in [-0.1, -0.05) is 0 Å². The highest BCUT2D eigenvalue weighted by Crippen LogP contribution is 2.11. The highest BCUT2D eigenvalue weighted by Gasteiger charge is 1.82. The second-order valence-electron chi connectivity index (χ2n) is 1.52. The summed E-state index contributed by atoms with van der Waals surface area (Å²) in [7, 11) is 0. The first kappa shape index (κ1) is 8.85. The van der Waals surface area contributed by atoms with E-state index in [0.717, 1.165) is 4.90 Å². The van der Waals surface area contributed by atoms with Crippen molar-refractivity contribution in [1.82, 2.24) is 0 Å². The lowest BCUT2D eigenvalue weighted by Gasteiger charge is -1.88. The molecule has 1 rings (SSSR count). The molecule has 0 saturated heterocycles. The largest absolute Gasteiger partial charge is 0.508 e. The quantitative estimate of drug-likeness (QED) is 0.625. The average molecular weight is 207 g/mol. The number of phenolic OH excluding ortho intramolecular Hbond substituents is 1. The molecule has 0 aliphatic heterocycles. The third kappa shape index (κ3) is 2.77. The lowest BCUT2D eigenvalue weighted by molar-refractivity contribution is 0.475. The lowest BCUT2D eigenvalue weighted by atomic mass is 10.3. The number of halogens is 1. The minimum atomic E-state index is 0. The highest BCUT2D eigenvalue weighted by molar-refractivity contribution is 8.93. The summed E-state index contributed by atoms with van der Waals surface area (Å²) in [4.78, 5) is 0.864. The maximum atomic E-state index is 8.72. The Labute approximate surface area is 69.9 Å². The van der Waals surface area contributed by atoms with Gasteiger partial charge in [-0.2, -0.15) is 0 Å². The van der Waals surface area contributed by atoms with Crippen LogP contribution < -0.4 is 0 Å². The summed E-state index contributed by atoms with van der Waals surface area (Å²) in [6, 6.07) is 6.67. The average Bonchev–Trinajstić information content (AvgIpc) is 1.77. The molecular weight excluding hydrogens is 200 g/mol. The zero-order valence-electron chi connectivity index (χ0n) is 4.61. The molecule has 0 fully saturated rings. The third-order valence-corrected chi connectivity index (χ3v) is 1.15. The number of rotatable bonds is 0. The summed E-state index contributed by atoms with van der Waals surface area (Å²) in [6.45, 7) is 0. The molecule has 1 nitrogen and oxygen atoms in total. The summed E-state index contributed by atoms with van der Waals surface area (Å²) >= 11 is 4.02. The molecule has 0 saturated carbocycles. The van der Waals surface area contributed by atoms with Gasteiger partial charge < -0.3 is 5.11 Å². The molecule has 0 amide bonds. The fourth-order valence-corrected chi connectivity index (χ4v) is 0.602. The smallest absolute Gasteiger partial charge is 0.115 e. The molecule has 0 spiro atoms. The molecule has 0 aliphatic carbocycles. The number of hydrogen-bond donors (Lipinski definition) is 2. The van der Waals surface area contributed by atoms with E-state index in [2.05, 4.69) is 12.6 Å². The van der Waals surface area contributed by atoms with E-state index >= 15 is 0 Å². The van der Waals surface area contributed by atoms with E-state index < -0.39 is 0 Å². The van der Waals surface area contributed by atoms with E-state index in [4.69, 9.17) is 5.11 Å². The van der Waals surface area contributed by atoms with E-state index in [1.165, 1.54) is 0 Å². The monoisotopic (exact) mass is 206 g/mol. The Morgan fingerprint density at radius 1 is 1.11 bits per heavy atom. The van der Waals surface area contributed by atoms with Crippen LogP contribution in [0.25, 0.3) is 0 Å². The summed E-state index contributed by atoms with van der Waals surface area (Å²) in [5.41, 5.74) is 0. The number of hydrogen-bond acceptors (Lipinski definition) is 2. The Hall–Kier alpha value is -0.150. The molecule has 3 heteroatoms. The van der Waals surface area contributed by atoms with Crippen molar-refractivity contribution in [2.75, 3.05) is 0 Å². The van der Waals surface area contributed by atoms with Crippen molar-refractivity contribution in [2.24, 2.45) is 0 Å². The second kappa shape index (κ2) is 3.80. The molecule has 0 aromatic heterocycles. The maximum Gasteiger partial charge on any atom is 0.115 e. The fraction of sp³-hybridized carbons (Fsp3) is 0. The lowest BCUT2D eigenvalue weighted by Crippen LogP contribution is -1.62. The molecule has 1 aromatic carbocycles. The van der Waals surface area contributed by atoms with Crippen molar-refractivity contribution in [2.45, 2.75) is 4.90 Å². The minimum absolute atomic E-state index is 0. The van der Waals surface area contributed by atoms with Crippen molar-refractivity contribution in [3.63, 3.8) is 0 Å². The van der Waals surface area contributed by atoms with Gasteiger partial charge in [-0.25, -0.2) is 0 Å². The Balaban J connectivity index is 0.000000640. The summed E-state index contributed by atoms with van der Waals surface area (Å²) in [6.07, 6.45) is 0. The molecular formula is C6H7BrOS. The Morgan fingerprint density at radius 2 is 1.56 bits per heavy atom. The van der Waals surface area contributed by atoms with Gasteiger partial charge in [-0.15, -0.1) is 29.6 Å². The zero-order chi connectivity index (χ0) is 5.98. The van der Waals surface area contributed by atoms with Crippen LogP contribution in [0.15, 0.2) is 29.2 Å². The predicted molar refractivity (Wildman–Crippen MR) is 45.7 cm³/mol. The molecule has 0 aliphatic rings. The van der Waals surface area contributed by atoms with Crippen LogP contribution in [0, 0.1) is 0 Å². The number of benzene rings is 1. The van der Waals surface area contributed by atoms with E-state index in [9.17, 15) is 0 Å². The van der Waals surface area contributed by atoms with Gasteiger partial charge in [0.25, 0.3) is 0 Å². The fourth-order valence-electron chi connectivity index (χ4n) is 0.453. The molecule has 50 valence electrons. The van der Waals surface area contributed by atoms with Crippen LogP contribution in [0.3, 0.4) is 0 Å². The van der Waals surface area contributed by atoms with E-state index in [0.29, 0.717) is 0 Å². The number of thiol groups is 1. The molecule has 9 heavy (non-hydrogen) atoms. The van der Waals surface area contributed by atoms with Crippen molar-refractivity contribution >= 4 is 29.6 Å². The molecule has 1 aromatic rings. The zero-order valence-corrected chi connectivity index (χ0v) is 7.22. The first-order valence-electron chi connectivity index (χ1n) is 2.27. The summed E-state index contributed by atoms with van der Waals surface area (Å²) in [5, 5.41) is 8.72. The minimum Gasteiger partial charge on any atom is -0.508 e. The van der Waals surface area contributed by atoms with E-state index in [1.807, 2.05) is 0 Å². The van der Waals surface area contributed by atoms with Gasteiger partial charge in [0.05, 0.1) is 0 Å². The van der Waals surface area contributed by atoms with Crippen molar-refractivity contribution in [1.29, 1.82) is 0 Å². The third-order valence-electron chi connectivity index (χ3n) is 0.850. The standard InChI is InChI=1S/C6H6OS.BrH/c7-5-1-3-6(8)4-2-5;/h1-4,7-8H;1H. The van der Waals surface area contributed by atoms with Gasteiger partial charge in [0.2, 0.25) is 0 Å². The van der Waals surface area contributed by atoms with Crippen LogP contribution in [0.4, 0.5) is 0 Å². The van der Waals surface area contributed by atoms with Gasteiger partial charge in [-0.3, -0.25) is 0 Å². The van der Waals surface area contributed by atoms with Crippen LogP contribution in [-0.4, -0.2) is 5.11 Å².